The van der Waals surface area contributed by atoms with E-state index < -0.39 is 0 Å². The highest BCUT2D eigenvalue weighted by atomic mass is 127. The molecule has 0 aromatic heterocycles. The number of aliphatic imine (C=N–C) groups is 1. The Hall–Kier alpha value is -0.0400. The Morgan fingerprint density at radius 1 is 1.05 bits per heavy atom. The van der Waals surface area contributed by atoms with Gasteiger partial charge < -0.3 is 15.5 Å². The molecule has 1 saturated heterocycles. The highest BCUT2D eigenvalue weighted by molar-refractivity contribution is 14.0. The van der Waals surface area contributed by atoms with E-state index in [0.29, 0.717) is 6.04 Å². The first kappa shape index (κ1) is 22.0. The van der Waals surface area contributed by atoms with Crippen molar-refractivity contribution >= 4 is 29.9 Å². The van der Waals surface area contributed by atoms with Crippen molar-refractivity contribution in [3.8, 4) is 0 Å². The molecule has 0 amide bonds. The van der Waals surface area contributed by atoms with E-state index in [-0.39, 0.29) is 24.0 Å². The summed E-state index contributed by atoms with van der Waals surface area (Å²) in [6, 6.07) is 0.589. The lowest BCUT2D eigenvalue weighted by Gasteiger charge is -2.32. The Morgan fingerprint density at radius 3 is 2.36 bits per heavy atom. The molecular formula is C17H37IN4. The van der Waals surface area contributed by atoms with Crippen LogP contribution in [0.1, 0.15) is 65.7 Å². The highest BCUT2D eigenvalue weighted by Crippen LogP contribution is 2.10. The number of nitrogens with one attached hydrogen (secondary N) is 2. The average molecular weight is 424 g/mol. The first-order valence-corrected chi connectivity index (χ1v) is 9.07. The number of piperidine rings is 1. The standard InChI is InChI=1S/C17H36N4.HI/c1-4-7-8-9-12-19-17(18-6-3)20-16-10-14-21(13-5-2)15-11-16;/h16H,4-15H2,1-3H3,(H2,18,19,20);1H. The summed E-state index contributed by atoms with van der Waals surface area (Å²) in [5.74, 6) is 1.02. The summed E-state index contributed by atoms with van der Waals surface area (Å²) in [5, 5.41) is 7.01. The third kappa shape index (κ3) is 9.87. The van der Waals surface area contributed by atoms with Gasteiger partial charge in [-0.25, -0.2) is 0 Å². The molecule has 4 nitrogen and oxygen atoms in total. The molecule has 0 aliphatic carbocycles. The van der Waals surface area contributed by atoms with Gasteiger partial charge in [-0.05, 0) is 39.2 Å². The number of likely N-dealkylation sites (tertiary alicyclic amines) is 1. The summed E-state index contributed by atoms with van der Waals surface area (Å²) in [6.07, 6.45) is 8.86. The summed E-state index contributed by atoms with van der Waals surface area (Å²) in [6.45, 7) is 12.2. The third-order valence-corrected chi connectivity index (χ3v) is 4.09. The molecule has 5 heteroatoms. The van der Waals surface area contributed by atoms with Gasteiger partial charge in [0.05, 0.1) is 0 Å². The van der Waals surface area contributed by atoms with Gasteiger partial charge in [-0.15, -0.1) is 24.0 Å². The Balaban J connectivity index is 0.00000441. The lowest BCUT2D eigenvalue weighted by Crippen LogP contribution is -2.48. The monoisotopic (exact) mass is 424 g/mol. The first-order valence-electron chi connectivity index (χ1n) is 9.07. The maximum atomic E-state index is 4.72. The van der Waals surface area contributed by atoms with Gasteiger partial charge in [0.2, 0.25) is 0 Å². The lowest BCUT2D eigenvalue weighted by molar-refractivity contribution is 0.206. The van der Waals surface area contributed by atoms with Crippen LogP contribution >= 0.6 is 24.0 Å². The molecule has 0 spiro atoms. The lowest BCUT2D eigenvalue weighted by atomic mass is 10.1. The minimum atomic E-state index is 0. The van der Waals surface area contributed by atoms with E-state index in [1.54, 1.807) is 0 Å². The van der Waals surface area contributed by atoms with Gasteiger partial charge in [-0.2, -0.15) is 0 Å². The van der Waals surface area contributed by atoms with Crippen molar-refractivity contribution in [2.75, 3.05) is 32.7 Å². The van der Waals surface area contributed by atoms with Crippen molar-refractivity contribution in [3.05, 3.63) is 0 Å². The molecule has 1 fully saturated rings. The Labute approximate surface area is 154 Å². The number of unbranched alkanes of at least 4 members (excludes halogenated alkanes) is 3. The minimum absolute atomic E-state index is 0. The first-order chi connectivity index (χ1) is 10.3. The van der Waals surface area contributed by atoms with Gasteiger partial charge in [0.25, 0.3) is 0 Å². The predicted octanol–water partition coefficient (Wildman–Crippen LogP) is 3.61. The van der Waals surface area contributed by atoms with Gasteiger partial charge in [-0.3, -0.25) is 4.99 Å². The van der Waals surface area contributed by atoms with Gasteiger partial charge in [0, 0.05) is 32.2 Å². The summed E-state index contributed by atoms with van der Waals surface area (Å²) in [5.41, 5.74) is 0. The molecule has 2 N–H and O–H groups in total. The normalized spacial score (nSPS) is 17.1. The summed E-state index contributed by atoms with van der Waals surface area (Å²) in [7, 11) is 0. The van der Waals surface area contributed by atoms with Crippen molar-refractivity contribution in [1.82, 2.24) is 15.5 Å². The van der Waals surface area contributed by atoms with Gasteiger partial charge in [-0.1, -0.05) is 33.1 Å². The topological polar surface area (TPSA) is 39.7 Å². The van der Waals surface area contributed by atoms with Gasteiger partial charge in [0.15, 0.2) is 5.96 Å². The molecule has 1 aliphatic rings. The van der Waals surface area contributed by atoms with Crippen LogP contribution < -0.4 is 10.6 Å². The summed E-state index contributed by atoms with van der Waals surface area (Å²) in [4.78, 5) is 7.29. The number of halogens is 1. The molecule has 0 aromatic carbocycles. The number of hydrogen-bond donors (Lipinski definition) is 2. The quantitative estimate of drug-likeness (QED) is 0.257. The molecule has 1 rings (SSSR count). The number of nitrogens with zero attached hydrogens (tertiary/aromatic N) is 2. The smallest absolute Gasteiger partial charge is 0.191 e. The third-order valence-electron chi connectivity index (χ3n) is 4.09. The SMILES string of the molecule is CCCCCCN=C(NCC)NC1CCN(CCC)CC1.I. The molecule has 0 radical (unpaired) electrons. The molecular weight excluding hydrogens is 387 g/mol. The zero-order valence-electron chi connectivity index (χ0n) is 14.9. The fraction of sp³-hybridized carbons (Fsp3) is 0.941. The van der Waals surface area contributed by atoms with Crippen LogP contribution in [-0.4, -0.2) is 49.6 Å². The molecule has 0 saturated carbocycles. The van der Waals surface area contributed by atoms with Crippen LogP contribution in [0.2, 0.25) is 0 Å². The van der Waals surface area contributed by atoms with E-state index in [9.17, 15) is 0 Å². The van der Waals surface area contributed by atoms with Crippen molar-refractivity contribution in [1.29, 1.82) is 0 Å². The average Bonchev–Trinajstić information content (AvgIpc) is 2.49. The van der Waals surface area contributed by atoms with Crippen molar-refractivity contribution < 1.29 is 0 Å². The van der Waals surface area contributed by atoms with Crippen LogP contribution in [0.5, 0.6) is 0 Å². The second-order valence-corrected chi connectivity index (χ2v) is 6.08. The second-order valence-electron chi connectivity index (χ2n) is 6.08. The van der Waals surface area contributed by atoms with Crippen molar-refractivity contribution in [3.63, 3.8) is 0 Å². The predicted molar refractivity (Wildman–Crippen MR) is 108 cm³/mol. The fourth-order valence-corrected chi connectivity index (χ4v) is 2.86. The van der Waals surface area contributed by atoms with Crippen LogP contribution in [0.4, 0.5) is 0 Å². The molecule has 22 heavy (non-hydrogen) atoms. The van der Waals surface area contributed by atoms with Crippen LogP contribution in [0.25, 0.3) is 0 Å². The van der Waals surface area contributed by atoms with E-state index in [1.165, 1.54) is 64.6 Å². The number of guanidine groups is 1. The Morgan fingerprint density at radius 2 is 1.77 bits per heavy atom. The maximum absolute atomic E-state index is 4.72. The van der Waals surface area contributed by atoms with Gasteiger partial charge >= 0.3 is 0 Å². The maximum Gasteiger partial charge on any atom is 0.191 e. The van der Waals surface area contributed by atoms with Crippen LogP contribution in [0.3, 0.4) is 0 Å². The molecule has 0 atom stereocenters. The largest absolute Gasteiger partial charge is 0.357 e. The van der Waals surface area contributed by atoms with E-state index in [1.807, 2.05) is 0 Å². The molecule has 1 aliphatic heterocycles. The van der Waals surface area contributed by atoms with E-state index in [0.717, 1.165) is 19.0 Å². The van der Waals surface area contributed by atoms with E-state index in [2.05, 4.69) is 36.3 Å². The van der Waals surface area contributed by atoms with Crippen LogP contribution in [0.15, 0.2) is 4.99 Å². The van der Waals surface area contributed by atoms with Crippen molar-refractivity contribution in [2.24, 2.45) is 4.99 Å². The zero-order valence-corrected chi connectivity index (χ0v) is 17.2. The van der Waals surface area contributed by atoms with Crippen LogP contribution in [-0.2, 0) is 0 Å². The van der Waals surface area contributed by atoms with E-state index >= 15 is 0 Å². The minimum Gasteiger partial charge on any atom is -0.357 e. The van der Waals surface area contributed by atoms with Crippen molar-refractivity contribution in [2.45, 2.75) is 71.8 Å². The summed E-state index contributed by atoms with van der Waals surface area (Å²) >= 11 is 0. The zero-order chi connectivity index (χ0) is 15.3. The molecule has 1 heterocycles. The highest BCUT2D eigenvalue weighted by Gasteiger charge is 2.19. The molecule has 0 aromatic rings. The molecule has 132 valence electrons. The number of rotatable bonds is 9. The second kappa shape index (κ2) is 14.5. The fourth-order valence-electron chi connectivity index (χ4n) is 2.86. The Kier molecular flexibility index (Phi) is 14.5. The number of hydrogen-bond acceptors (Lipinski definition) is 2. The van der Waals surface area contributed by atoms with E-state index in [4.69, 9.17) is 4.99 Å². The summed E-state index contributed by atoms with van der Waals surface area (Å²) < 4.78 is 0. The Bertz CT molecular complexity index is 276. The molecule has 0 unspecified atom stereocenters. The van der Waals surface area contributed by atoms with Gasteiger partial charge in [0.1, 0.15) is 0 Å². The molecule has 0 bridgehead atoms. The van der Waals surface area contributed by atoms with Crippen LogP contribution in [0, 0.1) is 0 Å².